The Balaban J connectivity index is 1.30. The summed E-state index contributed by atoms with van der Waals surface area (Å²) in [6.45, 7) is 3.75. The van der Waals surface area contributed by atoms with Crippen LogP contribution in [-0.2, 0) is 4.79 Å². The number of nitrogens with one attached hydrogen (secondary N) is 1. The van der Waals surface area contributed by atoms with Gasteiger partial charge in [0.15, 0.2) is 0 Å². The highest BCUT2D eigenvalue weighted by molar-refractivity contribution is 5.92. The Bertz CT molecular complexity index is 793. The summed E-state index contributed by atoms with van der Waals surface area (Å²) in [5.41, 5.74) is 2.01. The van der Waals surface area contributed by atoms with Crippen molar-refractivity contribution in [3.63, 3.8) is 0 Å². The Morgan fingerprint density at radius 2 is 1.66 bits per heavy atom. The number of rotatable bonds is 5. The second-order valence-electron chi connectivity index (χ2n) is 7.90. The number of hydrogen-bond acceptors (Lipinski definition) is 5. The van der Waals surface area contributed by atoms with E-state index in [9.17, 15) is 4.79 Å². The summed E-state index contributed by atoms with van der Waals surface area (Å²) < 4.78 is 5.24. The summed E-state index contributed by atoms with van der Waals surface area (Å²) in [5.74, 6) is 2.16. The third-order valence-electron chi connectivity index (χ3n) is 6.03. The maximum atomic E-state index is 12.4. The fourth-order valence-corrected chi connectivity index (χ4v) is 4.24. The van der Waals surface area contributed by atoms with Crippen LogP contribution >= 0.6 is 0 Å². The first-order valence-electron chi connectivity index (χ1n) is 10.6. The van der Waals surface area contributed by atoms with Gasteiger partial charge in [0.25, 0.3) is 0 Å². The number of pyridine rings is 1. The van der Waals surface area contributed by atoms with Gasteiger partial charge in [0.05, 0.1) is 19.0 Å². The molecule has 2 aliphatic rings. The lowest BCUT2D eigenvalue weighted by Gasteiger charge is -2.36. The Morgan fingerprint density at radius 1 is 0.966 bits per heavy atom. The molecular weight excluding hydrogens is 364 g/mol. The van der Waals surface area contributed by atoms with Gasteiger partial charge in [-0.2, -0.15) is 0 Å². The molecule has 0 atom stereocenters. The highest BCUT2D eigenvalue weighted by Crippen LogP contribution is 2.26. The van der Waals surface area contributed by atoms with Gasteiger partial charge in [-0.1, -0.05) is 19.3 Å². The van der Waals surface area contributed by atoms with Crippen molar-refractivity contribution in [3.05, 3.63) is 42.6 Å². The number of benzene rings is 1. The van der Waals surface area contributed by atoms with E-state index in [1.165, 1.54) is 12.1 Å². The first-order valence-corrected chi connectivity index (χ1v) is 10.6. The first kappa shape index (κ1) is 19.6. The van der Waals surface area contributed by atoms with E-state index < -0.39 is 0 Å². The van der Waals surface area contributed by atoms with Crippen molar-refractivity contribution in [2.75, 3.05) is 48.4 Å². The van der Waals surface area contributed by atoms with Gasteiger partial charge in [-0.25, -0.2) is 4.98 Å². The topological polar surface area (TPSA) is 57.7 Å². The average Bonchev–Trinajstić information content (AvgIpc) is 2.80. The van der Waals surface area contributed by atoms with E-state index in [1.807, 2.05) is 24.3 Å². The van der Waals surface area contributed by atoms with E-state index in [0.29, 0.717) is 0 Å². The standard InChI is InChI=1S/C23H30N4O2/c1-29-21-10-8-20(9-11-21)26-13-15-27(16-14-26)22-12-7-19(17-24-22)25-23(28)18-5-3-2-4-6-18/h7-12,17-18H,2-6,13-16H2,1H3,(H,25,28). The quantitative estimate of drug-likeness (QED) is 0.833. The van der Waals surface area contributed by atoms with Crippen LogP contribution in [-0.4, -0.2) is 44.2 Å². The number of aromatic nitrogens is 1. The Morgan fingerprint density at radius 3 is 2.28 bits per heavy atom. The van der Waals surface area contributed by atoms with Crippen molar-refractivity contribution in [3.8, 4) is 5.75 Å². The number of nitrogens with zero attached hydrogens (tertiary/aromatic N) is 3. The molecule has 0 unspecified atom stereocenters. The van der Waals surface area contributed by atoms with Gasteiger partial charge in [0.2, 0.25) is 5.91 Å². The van der Waals surface area contributed by atoms with E-state index in [2.05, 4.69) is 32.2 Å². The van der Waals surface area contributed by atoms with E-state index in [1.54, 1.807) is 13.3 Å². The van der Waals surface area contributed by atoms with Crippen molar-refractivity contribution in [2.24, 2.45) is 5.92 Å². The zero-order chi connectivity index (χ0) is 20.1. The summed E-state index contributed by atoms with van der Waals surface area (Å²) in [7, 11) is 1.69. The highest BCUT2D eigenvalue weighted by atomic mass is 16.5. The molecule has 1 aromatic heterocycles. The van der Waals surface area contributed by atoms with Gasteiger partial charge in [-0.05, 0) is 49.2 Å². The van der Waals surface area contributed by atoms with Crippen LogP contribution in [0.3, 0.4) is 0 Å². The molecule has 0 bridgehead atoms. The van der Waals surface area contributed by atoms with Crippen molar-refractivity contribution < 1.29 is 9.53 Å². The maximum Gasteiger partial charge on any atom is 0.227 e. The first-order chi connectivity index (χ1) is 14.2. The molecule has 29 heavy (non-hydrogen) atoms. The summed E-state index contributed by atoms with van der Waals surface area (Å²) in [4.78, 5) is 21.7. The fraction of sp³-hybridized carbons (Fsp3) is 0.478. The molecular formula is C23H30N4O2. The molecule has 1 saturated heterocycles. The van der Waals surface area contributed by atoms with Crippen LogP contribution in [0.4, 0.5) is 17.2 Å². The Hall–Kier alpha value is -2.76. The normalized spacial score (nSPS) is 17.8. The van der Waals surface area contributed by atoms with Crippen molar-refractivity contribution in [2.45, 2.75) is 32.1 Å². The smallest absolute Gasteiger partial charge is 0.227 e. The summed E-state index contributed by atoms with van der Waals surface area (Å²) in [6.07, 6.45) is 7.39. The Kier molecular flexibility index (Phi) is 6.17. The molecule has 1 saturated carbocycles. The predicted octanol–water partition coefficient (Wildman–Crippen LogP) is 3.94. The molecule has 2 fully saturated rings. The van der Waals surface area contributed by atoms with Crippen molar-refractivity contribution >= 4 is 23.1 Å². The predicted molar refractivity (Wildman–Crippen MR) is 117 cm³/mol. The number of methoxy groups -OCH3 is 1. The van der Waals surface area contributed by atoms with Gasteiger partial charge in [0, 0.05) is 37.8 Å². The third-order valence-corrected chi connectivity index (χ3v) is 6.03. The van der Waals surface area contributed by atoms with Crippen LogP contribution < -0.4 is 19.9 Å². The van der Waals surface area contributed by atoms with Gasteiger partial charge in [-0.3, -0.25) is 4.79 Å². The summed E-state index contributed by atoms with van der Waals surface area (Å²) in [5, 5.41) is 3.04. The van der Waals surface area contributed by atoms with Crippen LogP contribution in [0.1, 0.15) is 32.1 Å². The number of hydrogen-bond donors (Lipinski definition) is 1. The minimum absolute atomic E-state index is 0.146. The monoisotopic (exact) mass is 394 g/mol. The van der Waals surface area contributed by atoms with Gasteiger partial charge < -0.3 is 19.9 Å². The number of piperazine rings is 1. The molecule has 1 amide bonds. The second-order valence-corrected chi connectivity index (χ2v) is 7.90. The number of anilines is 3. The highest BCUT2D eigenvalue weighted by Gasteiger charge is 2.22. The molecule has 6 heteroatoms. The van der Waals surface area contributed by atoms with E-state index >= 15 is 0 Å². The molecule has 0 radical (unpaired) electrons. The number of ether oxygens (including phenoxy) is 1. The molecule has 2 heterocycles. The SMILES string of the molecule is COc1ccc(N2CCN(c3ccc(NC(=O)C4CCCCC4)cn3)CC2)cc1. The Labute approximate surface area is 172 Å². The largest absolute Gasteiger partial charge is 0.497 e. The fourth-order valence-electron chi connectivity index (χ4n) is 4.24. The van der Waals surface area contributed by atoms with Crippen LogP contribution in [0.15, 0.2) is 42.6 Å². The number of amides is 1. The van der Waals surface area contributed by atoms with Gasteiger partial charge >= 0.3 is 0 Å². The molecule has 154 valence electrons. The van der Waals surface area contributed by atoms with Gasteiger partial charge in [0.1, 0.15) is 11.6 Å². The second kappa shape index (κ2) is 9.16. The zero-order valence-electron chi connectivity index (χ0n) is 17.1. The molecule has 1 N–H and O–H groups in total. The van der Waals surface area contributed by atoms with Crippen LogP contribution in [0.25, 0.3) is 0 Å². The molecule has 0 spiro atoms. The lowest BCUT2D eigenvalue weighted by atomic mass is 9.88. The number of carbonyl (C=O) groups is 1. The lowest BCUT2D eigenvalue weighted by molar-refractivity contribution is -0.120. The lowest BCUT2D eigenvalue weighted by Crippen LogP contribution is -2.46. The van der Waals surface area contributed by atoms with E-state index in [0.717, 1.165) is 69.1 Å². The number of carbonyl (C=O) groups excluding carboxylic acids is 1. The van der Waals surface area contributed by atoms with Crippen molar-refractivity contribution in [1.29, 1.82) is 0 Å². The minimum Gasteiger partial charge on any atom is -0.497 e. The maximum absolute atomic E-state index is 12.4. The summed E-state index contributed by atoms with van der Waals surface area (Å²) in [6, 6.07) is 12.2. The molecule has 1 aliphatic heterocycles. The van der Waals surface area contributed by atoms with Crippen LogP contribution in [0, 0.1) is 5.92 Å². The van der Waals surface area contributed by atoms with Gasteiger partial charge in [-0.15, -0.1) is 0 Å². The van der Waals surface area contributed by atoms with Crippen LogP contribution in [0.2, 0.25) is 0 Å². The average molecular weight is 395 g/mol. The molecule has 1 aliphatic carbocycles. The molecule has 4 rings (SSSR count). The molecule has 1 aromatic carbocycles. The zero-order valence-corrected chi connectivity index (χ0v) is 17.1. The van der Waals surface area contributed by atoms with E-state index in [-0.39, 0.29) is 11.8 Å². The molecule has 6 nitrogen and oxygen atoms in total. The van der Waals surface area contributed by atoms with E-state index in [4.69, 9.17) is 4.74 Å². The third kappa shape index (κ3) is 4.81. The summed E-state index contributed by atoms with van der Waals surface area (Å²) >= 11 is 0. The van der Waals surface area contributed by atoms with Crippen molar-refractivity contribution in [1.82, 2.24) is 4.98 Å². The minimum atomic E-state index is 0.146. The van der Waals surface area contributed by atoms with Crippen LogP contribution in [0.5, 0.6) is 5.75 Å². The molecule has 2 aromatic rings.